The van der Waals surface area contributed by atoms with Gasteiger partial charge in [-0.05, 0) is 47.0 Å². The third kappa shape index (κ3) is 5.42. The summed E-state index contributed by atoms with van der Waals surface area (Å²) in [5.41, 5.74) is 3.51. The maximum absolute atomic E-state index is 13.6. The minimum absolute atomic E-state index is 0.245. The molecule has 4 aromatic carbocycles. The smallest absolute Gasteiger partial charge is 0.309 e. The molecule has 3 nitrogen and oxygen atoms in total. The van der Waals surface area contributed by atoms with E-state index in [1.807, 2.05) is 84.9 Å². The fourth-order valence-electron chi connectivity index (χ4n) is 3.65. The van der Waals surface area contributed by atoms with E-state index in [2.05, 4.69) is 21.2 Å². The minimum Gasteiger partial charge on any atom is -0.309 e. The lowest BCUT2D eigenvalue weighted by molar-refractivity contribution is 0.194. The number of carbonyl (C=O) groups is 1. The normalized spacial score (nSPS) is 10.7. The van der Waals surface area contributed by atoms with Crippen LogP contribution >= 0.6 is 15.9 Å². The molecule has 0 aromatic heterocycles. The van der Waals surface area contributed by atoms with Crippen LogP contribution in [0, 0.1) is 5.82 Å². The first-order valence-electron chi connectivity index (χ1n) is 10.3. The van der Waals surface area contributed by atoms with Gasteiger partial charge in [-0.1, -0.05) is 94.8 Å². The zero-order chi connectivity index (χ0) is 22.3. The van der Waals surface area contributed by atoms with Crippen LogP contribution in [0.3, 0.4) is 0 Å². The number of halogens is 2. The Hall–Kier alpha value is -3.44. The molecule has 0 heterocycles. The van der Waals surface area contributed by atoms with Crippen molar-refractivity contribution < 1.29 is 9.18 Å². The van der Waals surface area contributed by atoms with Gasteiger partial charge in [0, 0.05) is 16.7 Å². The molecule has 32 heavy (non-hydrogen) atoms. The Bertz CT molecular complexity index is 1130. The molecule has 4 rings (SSSR count). The van der Waals surface area contributed by atoms with Gasteiger partial charge in [0.05, 0.1) is 6.04 Å². The van der Waals surface area contributed by atoms with E-state index in [0.29, 0.717) is 12.2 Å². The summed E-state index contributed by atoms with van der Waals surface area (Å²) >= 11 is 3.45. The number of amides is 2. The second-order valence-corrected chi connectivity index (χ2v) is 8.33. The molecule has 0 spiro atoms. The molecule has 0 bridgehead atoms. The molecule has 0 aliphatic rings. The first kappa shape index (κ1) is 21.8. The van der Waals surface area contributed by atoms with Gasteiger partial charge in [-0.25, -0.2) is 9.18 Å². The fraction of sp³-hybridized carbons (Fsp3) is 0.0741. The third-order valence-corrected chi connectivity index (χ3v) is 5.64. The highest BCUT2D eigenvalue weighted by Gasteiger charge is 2.27. The van der Waals surface area contributed by atoms with Gasteiger partial charge < -0.3 is 10.2 Å². The molecular formula is C27H22BrFN2O. The zero-order valence-electron chi connectivity index (χ0n) is 17.3. The SMILES string of the molecule is O=C(Nc1cccc(Br)c1)N(Cc1ccc(F)cc1)C(c1ccccc1)c1ccccc1. The Balaban J connectivity index is 1.76. The van der Waals surface area contributed by atoms with E-state index in [9.17, 15) is 9.18 Å². The predicted molar refractivity (Wildman–Crippen MR) is 130 cm³/mol. The molecule has 0 fully saturated rings. The molecule has 160 valence electrons. The van der Waals surface area contributed by atoms with Crippen molar-refractivity contribution in [3.63, 3.8) is 0 Å². The zero-order valence-corrected chi connectivity index (χ0v) is 18.9. The molecule has 2 amide bonds. The van der Waals surface area contributed by atoms with Crippen LogP contribution in [0.15, 0.2) is 114 Å². The number of nitrogens with zero attached hydrogens (tertiary/aromatic N) is 1. The number of anilines is 1. The monoisotopic (exact) mass is 488 g/mol. The van der Waals surface area contributed by atoms with Crippen molar-refractivity contribution in [2.45, 2.75) is 12.6 Å². The van der Waals surface area contributed by atoms with Crippen LogP contribution in [-0.2, 0) is 6.54 Å². The lowest BCUT2D eigenvalue weighted by atomic mass is 9.96. The average Bonchev–Trinajstić information content (AvgIpc) is 2.81. The second kappa shape index (κ2) is 10.2. The number of nitrogens with one attached hydrogen (secondary N) is 1. The minimum atomic E-state index is -0.324. The van der Waals surface area contributed by atoms with E-state index < -0.39 is 0 Å². The highest BCUT2D eigenvalue weighted by molar-refractivity contribution is 9.10. The average molecular weight is 489 g/mol. The van der Waals surface area contributed by atoms with E-state index in [1.165, 1.54) is 12.1 Å². The Kier molecular flexibility index (Phi) is 6.97. The van der Waals surface area contributed by atoms with Crippen molar-refractivity contribution in [1.82, 2.24) is 4.90 Å². The summed E-state index contributed by atoms with van der Waals surface area (Å²) in [4.78, 5) is 15.4. The van der Waals surface area contributed by atoms with E-state index in [0.717, 1.165) is 21.2 Å². The molecule has 0 aliphatic carbocycles. The molecule has 5 heteroatoms. The van der Waals surface area contributed by atoms with Gasteiger partial charge in [0.25, 0.3) is 0 Å². The van der Waals surface area contributed by atoms with Crippen LogP contribution in [0.2, 0.25) is 0 Å². The van der Waals surface area contributed by atoms with Crippen molar-refractivity contribution in [3.8, 4) is 0 Å². The lowest BCUT2D eigenvalue weighted by Crippen LogP contribution is -2.38. The number of hydrogen-bond acceptors (Lipinski definition) is 1. The van der Waals surface area contributed by atoms with E-state index >= 15 is 0 Å². The van der Waals surface area contributed by atoms with Gasteiger partial charge in [-0.2, -0.15) is 0 Å². The largest absolute Gasteiger partial charge is 0.322 e. The standard InChI is InChI=1S/C27H22BrFN2O/c28-23-12-7-13-25(18-23)30-27(32)31(19-20-14-16-24(29)17-15-20)26(21-8-3-1-4-9-21)22-10-5-2-6-11-22/h1-18,26H,19H2,(H,30,32). The Morgan fingerprint density at radius 3 is 1.97 bits per heavy atom. The summed E-state index contributed by atoms with van der Waals surface area (Å²) in [5.74, 6) is -0.304. The lowest BCUT2D eigenvalue weighted by Gasteiger charge is -2.33. The first-order valence-corrected chi connectivity index (χ1v) is 11.1. The van der Waals surface area contributed by atoms with Gasteiger partial charge in [-0.15, -0.1) is 0 Å². The molecule has 0 unspecified atom stereocenters. The summed E-state index contributed by atoms with van der Waals surface area (Å²) < 4.78 is 14.4. The van der Waals surface area contributed by atoms with Crippen molar-refractivity contribution >= 4 is 27.6 Å². The maximum atomic E-state index is 13.6. The molecule has 4 aromatic rings. The molecule has 0 saturated carbocycles. The third-order valence-electron chi connectivity index (χ3n) is 5.15. The van der Waals surface area contributed by atoms with Gasteiger partial charge in [0.15, 0.2) is 0 Å². The molecule has 1 N–H and O–H groups in total. The van der Waals surface area contributed by atoms with Crippen molar-refractivity contribution in [1.29, 1.82) is 0 Å². The van der Waals surface area contributed by atoms with Crippen LogP contribution in [0.1, 0.15) is 22.7 Å². The van der Waals surface area contributed by atoms with Gasteiger partial charge >= 0.3 is 6.03 Å². The van der Waals surface area contributed by atoms with Gasteiger partial charge in [-0.3, -0.25) is 0 Å². The summed E-state index contributed by atoms with van der Waals surface area (Å²) in [6.45, 7) is 0.314. The van der Waals surface area contributed by atoms with E-state index in [4.69, 9.17) is 0 Å². The van der Waals surface area contributed by atoms with Crippen LogP contribution in [0.5, 0.6) is 0 Å². The van der Waals surface area contributed by atoms with Crippen molar-refractivity contribution in [2.24, 2.45) is 0 Å². The van der Waals surface area contributed by atoms with Gasteiger partial charge in [0.2, 0.25) is 0 Å². The summed E-state index contributed by atoms with van der Waals surface area (Å²) in [6.07, 6.45) is 0. The second-order valence-electron chi connectivity index (χ2n) is 7.42. The molecular weight excluding hydrogens is 467 g/mol. The number of carbonyl (C=O) groups excluding carboxylic acids is 1. The number of rotatable bonds is 6. The highest BCUT2D eigenvalue weighted by atomic mass is 79.9. The molecule has 0 aliphatic heterocycles. The Morgan fingerprint density at radius 1 is 0.812 bits per heavy atom. The Morgan fingerprint density at radius 2 is 1.41 bits per heavy atom. The van der Waals surface area contributed by atoms with E-state index in [1.54, 1.807) is 17.0 Å². The first-order chi connectivity index (χ1) is 15.6. The van der Waals surface area contributed by atoms with Crippen LogP contribution in [-0.4, -0.2) is 10.9 Å². The van der Waals surface area contributed by atoms with Crippen LogP contribution in [0.4, 0.5) is 14.9 Å². The summed E-state index contributed by atoms with van der Waals surface area (Å²) in [7, 11) is 0. The predicted octanol–water partition coefficient (Wildman–Crippen LogP) is 7.41. The molecule has 0 saturated heterocycles. The summed E-state index contributed by atoms with van der Waals surface area (Å²) in [6, 6.07) is 33.0. The fourth-order valence-corrected chi connectivity index (χ4v) is 4.05. The number of hydrogen-bond donors (Lipinski definition) is 1. The van der Waals surface area contributed by atoms with Crippen molar-refractivity contribution in [2.75, 3.05) is 5.32 Å². The number of benzene rings is 4. The molecule has 0 atom stereocenters. The van der Waals surface area contributed by atoms with E-state index in [-0.39, 0.29) is 17.9 Å². The Labute approximate surface area is 195 Å². The van der Waals surface area contributed by atoms with Crippen LogP contribution in [0.25, 0.3) is 0 Å². The van der Waals surface area contributed by atoms with Crippen molar-refractivity contribution in [3.05, 3.63) is 136 Å². The quantitative estimate of drug-likeness (QED) is 0.301. The number of urea groups is 1. The van der Waals surface area contributed by atoms with Gasteiger partial charge in [0.1, 0.15) is 5.82 Å². The topological polar surface area (TPSA) is 32.3 Å². The van der Waals surface area contributed by atoms with Crippen LogP contribution < -0.4 is 5.32 Å². The maximum Gasteiger partial charge on any atom is 0.322 e. The summed E-state index contributed by atoms with van der Waals surface area (Å²) in [5, 5.41) is 3.02. The molecule has 0 radical (unpaired) electrons. The highest BCUT2D eigenvalue weighted by Crippen LogP contribution is 2.31.